The van der Waals surface area contributed by atoms with Crippen LogP contribution in [0.25, 0.3) is 0 Å². The van der Waals surface area contributed by atoms with Gasteiger partial charge in [0.1, 0.15) is 0 Å². The lowest BCUT2D eigenvalue weighted by atomic mass is 10.0. The van der Waals surface area contributed by atoms with Crippen molar-refractivity contribution in [1.29, 1.82) is 0 Å². The largest absolute Gasteiger partial charge is 0.312 e. The van der Waals surface area contributed by atoms with Gasteiger partial charge in [-0.15, -0.1) is 0 Å². The molecule has 1 aliphatic rings. The summed E-state index contributed by atoms with van der Waals surface area (Å²) < 4.78 is 24.2. The van der Waals surface area contributed by atoms with E-state index in [1.54, 1.807) is 4.90 Å². The third-order valence-corrected chi connectivity index (χ3v) is 4.20. The number of amides is 2. The molecule has 1 N–H and O–H groups in total. The molecule has 0 aliphatic carbocycles. The molecule has 22 heavy (non-hydrogen) atoms. The van der Waals surface area contributed by atoms with Crippen LogP contribution < -0.4 is 9.62 Å². The lowest BCUT2D eigenvalue weighted by Gasteiger charge is -2.18. The Kier molecular flexibility index (Phi) is 4.55. The van der Waals surface area contributed by atoms with Crippen molar-refractivity contribution in [3.63, 3.8) is 0 Å². The van der Waals surface area contributed by atoms with E-state index in [9.17, 15) is 18.0 Å². The van der Waals surface area contributed by atoms with Gasteiger partial charge in [-0.3, -0.25) is 14.3 Å². The van der Waals surface area contributed by atoms with Gasteiger partial charge in [0.15, 0.2) is 0 Å². The van der Waals surface area contributed by atoms with Crippen LogP contribution in [0.5, 0.6) is 0 Å². The average molecular weight is 324 g/mol. The fourth-order valence-electron chi connectivity index (χ4n) is 2.45. The zero-order valence-electron chi connectivity index (χ0n) is 12.9. The van der Waals surface area contributed by atoms with Gasteiger partial charge in [-0.1, -0.05) is 26.0 Å². The van der Waals surface area contributed by atoms with E-state index in [1.807, 2.05) is 29.0 Å². The maximum atomic E-state index is 12.1. The number of carbonyl (C=O) groups excluding carboxylic acids is 2. The van der Waals surface area contributed by atoms with Gasteiger partial charge in [0, 0.05) is 18.7 Å². The second kappa shape index (κ2) is 6.08. The standard InChI is InChI=1S/C15H20N2O4S/c1-10(2)11-5-4-6-13(7-11)17-9-12(8-14(17)18)15(19)16-22(3,20)21/h4-7,10,12H,8-9H2,1-3H3,(H,16,19). The Morgan fingerprint density at radius 3 is 2.64 bits per heavy atom. The monoisotopic (exact) mass is 324 g/mol. The summed E-state index contributed by atoms with van der Waals surface area (Å²) in [6.45, 7) is 4.32. The van der Waals surface area contributed by atoms with E-state index in [0.717, 1.165) is 17.5 Å². The first-order valence-electron chi connectivity index (χ1n) is 7.09. The van der Waals surface area contributed by atoms with E-state index >= 15 is 0 Å². The number of hydrogen-bond acceptors (Lipinski definition) is 4. The molecule has 1 fully saturated rings. The van der Waals surface area contributed by atoms with Gasteiger partial charge in [-0.2, -0.15) is 0 Å². The zero-order valence-corrected chi connectivity index (χ0v) is 13.7. The summed E-state index contributed by atoms with van der Waals surface area (Å²) in [6, 6.07) is 7.62. The molecule has 0 spiro atoms. The fourth-order valence-corrected chi connectivity index (χ4v) is 2.98. The van der Waals surface area contributed by atoms with Gasteiger partial charge >= 0.3 is 0 Å². The SMILES string of the molecule is CC(C)c1cccc(N2CC(C(=O)NS(C)(=O)=O)CC2=O)c1. The van der Waals surface area contributed by atoms with Crippen molar-refractivity contribution in [3.05, 3.63) is 29.8 Å². The zero-order chi connectivity index (χ0) is 16.5. The van der Waals surface area contributed by atoms with E-state index in [0.29, 0.717) is 5.92 Å². The number of benzene rings is 1. The first kappa shape index (κ1) is 16.5. The molecule has 1 aliphatic heterocycles. The van der Waals surface area contributed by atoms with Gasteiger partial charge in [-0.05, 0) is 23.6 Å². The summed E-state index contributed by atoms with van der Waals surface area (Å²) in [7, 11) is -3.61. The molecule has 1 heterocycles. The minimum Gasteiger partial charge on any atom is -0.312 e. The van der Waals surface area contributed by atoms with Gasteiger partial charge in [0.25, 0.3) is 0 Å². The van der Waals surface area contributed by atoms with Crippen LogP contribution in [0.3, 0.4) is 0 Å². The number of nitrogens with zero attached hydrogens (tertiary/aromatic N) is 1. The van der Waals surface area contributed by atoms with Crippen LogP contribution in [0.1, 0.15) is 31.7 Å². The molecular formula is C15H20N2O4S. The molecule has 120 valence electrons. The van der Waals surface area contributed by atoms with Crippen LogP contribution in [0.2, 0.25) is 0 Å². The third-order valence-electron chi connectivity index (χ3n) is 3.63. The Hall–Kier alpha value is -1.89. The molecule has 0 bridgehead atoms. The van der Waals surface area contributed by atoms with E-state index in [4.69, 9.17) is 0 Å². The minimum absolute atomic E-state index is 0.0211. The molecule has 7 heteroatoms. The summed E-state index contributed by atoms with van der Waals surface area (Å²) in [5.41, 5.74) is 1.85. The number of nitrogens with one attached hydrogen (secondary N) is 1. The minimum atomic E-state index is -3.61. The molecule has 0 aromatic heterocycles. The lowest BCUT2D eigenvalue weighted by Crippen LogP contribution is -2.36. The van der Waals surface area contributed by atoms with E-state index < -0.39 is 21.8 Å². The first-order chi connectivity index (χ1) is 10.2. The van der Waals surface area contributed by atoms with Crippen molar-refractivity contribution >= 4 is 27.5 Å². The lowest BCUT2D eigenvalue weighted by molar-refractivity contribution is -0.124. The van der Waals surface area contributed by atoms with Crippen molar-refractivity contribution in [2.45, 2.75) is 26.2 Å². The fraction of sp³-hybridized carbons (Fsp3) is 0.467. The first-order valence-corrected chi connectivity index (χ1v) is 8.98. The molecule has 2 rings (SSSR count). The average Bonchev–Trinajstić information content (AvgIpc) is 2.79. The van der Waals surface area contributed by atoms with Crippen LogP contribution in [-0.2, 0) is 19.6 Å². The second-order valence-corrected chi connectivity index (χ2v) is 7.64. The van der Waals surface area contributed by atoms with E-state index in [-0.39, 0.29) is 18.9 Å². The third kappa shape index (κ3) is 3.85. The second-order valence-electron chi connectivity index (χ2n) is 5.89. The Morgan fingerprint density at radius 2 is 2.05 bits per heavy atom. The van der Waals surface area contributed by atoms with Crippen molar-refractivity contribution < 1.29 is 18.0 Å². The summed E-state index contributed by atoms with van der Waals surface area (Å²) in [6.07, 6.45) is 0.943. The number of carbonyl (C=O) groups is 2. The van der Waals surface area contributed by atoms with Gasteiger partial charge in [0.05, 0.1) is 12.2 Å². The van der Waals surface area contributed by atoms with Gasteiger partial charge in [0.2, 0.25) is 21.8 Å². The summed E-state index contributed by atoms with van der Waals surface area (Å²) >= 11 is 0. The highest BCUT2D eigenvalue weighted by molar-refractivity contribution is 7.89. The molecule has 1 aromatic carbocycles. The quantitative estimate of drug-likeness (QED) is 0.903. The van der Waals surface area contributed by atoms with E-state index in [1.165, 1.54) is 0 Å². The Labute approximate surface area is 130 Å². The highest BCUT2D eigenvalue weighted by Crippen LogP contribution is 2.27. The summed E-state index contributed by atoms with van der Waals surface area (Å²) in [5, 5.41) is 0. The molecule has 0 radical (unpaired) electrons. The molecule has 1 saturated heterocycles. The Bertz CT molecular complexity index is 697. The smallest absolute Gasteiger partial charge is 0.238 e. The van der Waals surface area contributed by atoms with Crippen molar-refractivity contribution in [2.75, 3.05) is 17.7 Å². The van der Waals surface area contributed by atoms with Crippen LogP contribution >= 0.6 is 0 Å². The molecule has 6 nitrogen and oxygen atoms in total. The highest BCUT2D eigenvalue weighted by Gasteiger charge is 2.36. The molecule has 2 amide bonds. The molecule has 1 atom stereocenters. The van der Waals surface area contributed by atoms with E-state index in [2.05, 4.69) is 13.8 Å². The maximum Gasteiger partial charge on any atom is 0.238 e. The van der Waals surface area contributed by atoms with Crippen LogP contribution in [0.4, 0.5) is 5.69 Å². The predicted molar refractivity (Wildman–Crippen MR) is 84.0 cm³/mol. The Balaban J connectivity index is 2.16. The number of sulfonamides is 1. The number of anilines is 1. The normalized spacial score (nSPS) is 18.8. The number of hydrogen-bond donors (Lipinski definition) is 1. The van der Waals surface area contributed by atoms with Crippen LogP contribution in [0.15, 0.2) is 24.3 Å². The molecule has 1 unspecified atom stereocenters. The molecule has 1 aromatic rings. The van der Waals surface area contributed by atoms with Gasteiger partial charge < -0.3 is 4.90 Å². The molecule has 0 saturated carbocycles. The van der Waals surface area contributed by atoms with Crippen LogP contribution in [-0.4, -0.2) is 33.0 Å². The molecular weight excluding hydrogens is 304 g/mol. The van der Waals surface area contributed by atoms with Crippen molar-refractivity contribution in [2.24, 2.45) is 5.92 Å². The van der Waals surface area contributed by atoms with Crippen molar-refractivity contribution in [1.82, 2.24) is 4.72 Å². The topological polar surface area (TPSA) is 83.6 Å². The van der Waals surface area contributed by atoms with Gasteiger partial charge in [-0.25, -0.2) is 8.42 Å². The van der Waals surface area contributed by atoms with Crippen molar-refractivity contribution in [3.8, 4) is 0 Å². The summed E-state index contributed by atoms with van der Waals surface area (Å²) in [5.74, 6) is -1.11. The summed E-state index contributed by atoms with van der Waals surface area (Å²) in [4.78, 5) is 25.6. The maximum absolute atomic E-state index is 12.1. The predicted octanol–water partition coefficient (Wildman–Crippen LogP) is 1.24. The van der Waals surface area contributed by atoms with Crippen LogP contribution in [0, 0.1) is 5.92 Å². The Morgan fingerprint density at radius 1 is 1.36 bits per heavy atom. The highest BCUT2D eigenvalue weighted by atomic mass is 32.2. The number of rotatable bonds is 4.